The Balaban J connectivity index is 2.19. The number of nitrogens with zero attached hydrogens (tertiary/aromatic N) is 3. The molecule has 0 amide bonds. The first-order valence-corrected chi connectivity index (χ1v) is 4.90. The van der Waals surface area contributed by atoms with Gasteiger partial charge in [-0.15, -0.1) is 5.10 Å². The van der Waals surface area contributed by atoms with Gasteiger partial charge in [-0.1, -0.05) is 30.3 Å². The lowest BCUT2D eigenvalue weighted by Crippen LogP contribution is -1.92. The van der Waals surface area contributed by atoms with Crippen molar-refractivity contribution in [1.82, 2.24) is 14.6 Å². The van der Waals surface area contributed by atoms with Gasteiger partial charge in [-0.3, -0.25) is 0 Å². The van der Waals surface area contributed by atoms with E-state index in [1.165, 1.54) is 10.6 Å². The predicted molar refractivity (Wildman–Crippen MR) is 58.4 cm³/mol. The molecule has 0 bridgehead atoms. The summed E-state index contributed by atoms with van der Waals surface area (Å²) in [4.78, 5) is 4.36. The Hall–Kier alpha value is -2.23. The minimum atomic E-state index is -0.510. The Morgan fingerprint density at radius 1 is 1.00 bits per heavy atom. The van der Waals surface area contributed by atoms with Gasteiger partial charge in [0.2, 0.25) is 5.95 Å². The lowest BCUT2D eigenvalue weighted by atomic mass is 10.2. The zero-order chi connectivity index (χ0) is 11.0. The fourth-order valence-corrected chi connectivity index (χ4v) is 1.61. The van der Waals surface area contributed by atoms with E-state index in [2.05, 4.69) is 10.1 Å². The third-order valence-corrected chi connectivity index (χ3v) is 2.36. The van der Waals surface area contributed by atoms with E-state index in [0.717, 1.165) is 11.3 Å². The van der Waals surface area contributed by atoms with Gasteiger partial charge < -0.3 is 0 Å². The fourth-order valence-electron chi connectivity index (χ4n) is 1.61. The summed E-state index contributed by atoms with van der Waals surface area (Å²) in [6, 6.07) is 12.6. The Morgan fingerprint density at radius 2 is 1.81 bits per heavy atom. The first-order valence-electron chi connectivity index (χ1n) is 4.90. The second-order valence-electron chi connectivity index (χ2n) is 3.45. The molecule has 16 heavy (non-hydrogen) atoms. The van der Waals surface area contributed by atoms with Crippen LogP contribution in [0.3, 0.4) is 0 Å². The van der Waals surface area contributed by atoms with Gasteiger partial charge in [0, 0.05) is 5.56 Å². The Morgan fingerprint density at radius 3 is 2.62 bits per heavy atom. The van der Waals surface area contributed by atoms with Gasteiger partial charge in [-0.2, -0.15) is 4.39 Å². The number of hydrogen-bond donors (Lipinski definition) is 0. The Kier molecular flexibility index (Phi) is 1.93. The van der Waals surface area contributed by atoms with Crippen LogP contribution in [0.1, 0.15) is 0 Å². The van der Waals surface area contributed by atoms with E-state index in [1.54, 1.807) is 12.3 Å². The molecule has 1 aromatic carbocycles. The molecule has 0 atom stereocenters. The number of rotatable bonds is 1. The standard InChI is InChI=1S/C12H8FN3/c13-11-6-7-12-14-10(8-16(12)15-11)9-4-2-1-3-5-9/h1-8H. The predicted octanol–water partition coefficient (Wildman–Crippen LogP) is 2.54. The van der Waals surface area contributed by atoms with E-state index in [0.29, 0.717) is 5.65 Å². The quantitative estimate of drug-likeness (QED) is 0.621. The highest BCUT2D eigenvalue weighted by Gasteiger charge is 2.04. The van der Waals surface area contributed by atoms with E-state index < -0.39 is 5.95 Å². The maximum absolute atomic E-state index is 12.9. The highest BCUT2D eigenvalue weighted by Crippen LogP contribution is 2.17. The zero-order valence-corrected chi connectivity index (χ0v) is 8.34. The maximum Gasteiger partial charge on any atom is 0.231 e. The third kappa shape index (κ3) is 1.44. The lowest BCUT2D eigenvalue weighted by molar-refractivity contribution is 0.555. The molecule has 0 saturated heterocycles. The first-order chi connectivity index (χ1) is 7.83. The minimum Gasteiger partial charge on any atom is -0.227 e. The summed E-state index contributed by atoms with van der Waals surface area (Å²) in [5, 5.41) is 3.71. The molecule has 0 spiro atoms. The van der Waals surface area contributed by atoms with Crippen LogP contribution in [0.15, 0.2) is 48.7 Å². The van der Waals surface area contributed by atoms with Crippen molar-refractivity contribution in [2.75, 3.05) is 0 Å². The molecule has 0 N–H and O–H groups in total. The topological polar surface area (TPSA) is 30.2 Å². The fraction of sp³-hybridized carbons (Fsp3) is 0. The monoisotopic (exact) mass is 213 g/mol. The Bertz CT molecular complexity index is 631. The van der Waals surface area contributed by atoms with Crippen molar-refractivity contribution in [2.45, 2.75) is 0 Å². The van der Waals surface area contributed by atoms with Crippen molar-refractivity contribution >= 4 is 5.65 Å². The van der Waals surface area contributed by atoms with Crippen molar-refractivity contribution in [3.8, 4) is 11.3 Å². The van der Waals surface area contributed by atoms with Crippen LogP contribution in [0.25, 0.3) is 16.9 Å². The SMILES string of the molecule is Fc1ccc2nc(-c3ccccc3)cn2n1. The summed E-state index contributed by atoms with van der Waals surface area (Å²) in [5.41, 5.74) is 2.42. The molecule has 3 aromatic rings. The smallest absolute Gasteiger partial charge is 0.227 e. The highest BCUT2D eigenvalue weighted by atomic mass is 19.1. The molecule has 2 heterocycles. The average molecular weight is 213 g/mol. The van der Waals surface area contributed by atoms with Gasteiger partial charge >= 0.3 is 0 Å². The van der Waals surface area contributed by atoms with Gasteiger partial charge in [0.05, 0.1) is 11.9 Å². The van der Waals surface area contributed by atoms with Gasteiger partial charge in [-0.05, 0) is 12.1 Å². The molecule has 2 aromatic heterocycles. The van der Waals surface area contributed by atoms with Crippen LogP contribution >= 0.6 is 0 Å². The van der Waals surface area contributed by atoms with Crippen LogP contribution in [0.4, 0.5) is 4.39 Å². The van der Waals surface area contributed by atoms with Gasteiger partial charge in [0.25, 0.3) is 0 Å². The van der Waals surface area contributed by atoms with E-state index in [1.807, 2.05) is 30.3 Å². The van der Waals surface area contributed by atoms with Crippen LogP contribution in [0.2, 0.25) is 0 Å². The maximum atomic E-state index is 12.9. The van der Waals surface area contributed by atoms with Crippen LogP contribution in [-0.2, 0) is 0 Å². The minimum absolute atomic E-state index is 0.510. The third-order valence-electron chi connectivity index (χ3n) is 2.36. The molecule has 4 heteroatoms. The number of halogens is 1. The zero-order valence-electron chi connectivity index (χ0n) is 8.34. The van der Waals surface area contributed by atoms with Crippen molar-refractivity contribution in [1.29, 1.82) is 0 Å². The molecular weight excluding hydrogens is 205 g/mol. The second-order valence-corrected chi connectivity index (χ2v) is 3.45. The first kappa shape index (κ1) is 9.03. The second kappa shape index (κ2) is 3.41. The van der Waals surface area contributed by atoms with Crippen molar-refractivity contribution in [3.05, 3.63) is 54.6 Å². The van der Waals surface area contributed by atoms with Gasteiger partial charge in [0.15, 0.2) is 5.65 Å². The molecule has 78 valence electrons. The normalized spacial score (nSPS) is 10.8. The summed E-state index contributed by atoms with van der Waals surface area (Å²) < 4.78 is 14.3. The number of aromatic nitrogens is 3. The summed E-state index contributed by atoms with van der Waals surface area (Å²) in [7, 11) is 0. The van der Waals surface area contributed by atoms with E-state index >= 15 is 0 Å². The molecule has 0 radical (unpaired) electrons. The van der Waals surface area contributed by atoms with Crippen LogP contribution in [0.5, 0.6) is 0 Å². The molecule has 3 nitrogen and oxygen atoms in total. The summed E-state index contributed by atoms with van der Waals surface area (Å²) >= 11 is 0. The average Bonchev–Trinajstić information content (AvgIpc) is 2.73. The molecule has 3 rings (SSSR count). The Labute approximate surface area is 91.2 Å². The summed E-state index contributed by atoms with van der Waals surface area (Å²) in [6.45, 7) is 0. The summed E-state index contributed by atoms with van der Waals surface area (Å²) in [6.07, 6.45) is 1.72. The molecule has 0 aliphatic carbocycles. The highest BCUT2D eigenvalue weighted by molar-refractivity contribution is 5.61. The number of fused-ring (bicyclic) bond motifs is 1. The van der Waals surface area contributed by atoms with Crippen molar-refractivity contribution in [3.63, 3.8) is 0 Å². The van der Waals surface area contributed by atoms with E-state index in [-0.39, 0.29) is 0 Å². The molecule has 0 saturated carbocycles. The molecule has 0 aliphatic rings. The largest absolute Gasteiger partial charge is 0.231 e. The number of imidazole rings is 1. The van der Waals surface area contributed by atoms with E-state index in [4.69, 9.17) is 0 Å². The van der Waals surface area contributed by atoms with Crippen LogP contribution < -0.4 is 0 Å². The molecule has 0 fully saturated rings. The van der Waals surface area contributed by atoms with E-state index in [9.17, 15) is 4.39 Å². The molecule has 0 aliphatic heterocycles. The lowest BCUT2D eigenvalue weighted by Gasteiger charge is -1.92. The summed E-state index contributed by atoms with van der Waals surface area (Å²) in [5.74, 6) is -0.510. The van der Waals surface area contributed by atoms with Gasteiger partial charge in [-0.25, -0.2) is 9.50 Å². The molecule has 0 unspecified atom stereocenters. The number of hydrogen-bond acceptors (Lipinski definition) is 2. The van der Waals surface area contributed by atoms with Crippen molar-refractivity contribution in [2.24, 2.45) is 0 Å². The molecular formula is C12H8FN3. The van der Waals surface area contributed by atoms with Crippen LogP contribution in [-0.4, -0.2) is 14.6 Å². The van der Waals surface area contributed by atoms with Gasteiger partial charge in [0.1, 0.15) is 0 Å². The van der Waals surface area contributed by atoms with Crippen LogP contribution in [0, 0.1) is 5.95 Å². The van der Waals surface area contributed by atoms with Crippen molar-refractivity contribution < 1.29 is 4.39 Å². The number of benzene rings is 1.